The van der Waals surface area contributed by atoms with Gasteiger partial charge >= 0.3 is 0 Å². The fraction of sp³-hybridized carbons (Fsp3) is 0.133. The maximum absolute atomic E-state index is 11.3. The first-order valence-corrected chi connectivity index (χ1v) is 7.23. The van der Waals surface area contributed by atoms with Crippen LogP contribution in [0.5, 0.6) is 0 Å². The molecule has 2 rings (SSSR count). The lowest BCUT2D eigenvalue weighted by molar-refractivity contribution is 0.1000. The Hall–Kier alpha value is -1.52. The zero-order chi connectivity index (χ0) is 14.7. The number of hydrogen-bond acceptors (Lipinski definition) is 2. The van der Waals surface area contributed by atoms with E-state index in [-0.39, 0.29) is 0 Å². The Morgan fingerprint density at radius 1 is 1.35 bits per heavy atom. The van der Waals surface area contributed by atoms with Crippen LogP contribution < -0.4 is 11.1 Å². The van der Waals surface area contributed by atoms with Crippen molar-refractivity contribution in [3.63, 3.8) is 0 Å². The van der Waals surface area contributed by atoms with Gasteiger partial charge in [0.25, 0.3) is 0 Å². The maximum Gasteiger partial charge on any atom is 0.249 e. The van der Waals surface area contributed by atoms with Crippen molar-refractivity contribution in [2.24, 2.45) is 5.73 Å². The molecule has 3 nitrogen and oxygen atoms in total. The van der Waals surface area contributed by atoms with Crippen LogP contribution in [0.15, 0.2) is 40.9 Å². The second kappa shape index (κ2) is 6.29. The predicted molar refractivity (Wildman–Crippen MR) is 86.2 cm³/mol. The van der Waals surface area contributed by atoms with E-state index in [1.807, 2.05) is 31.2 Å². The number of anilines is 1. The van der Waals surface area contributed by atoms with Gasteiger partial charge in [-0.1, -0.05) is 39.7 Å². The summed E-state index contributed by atoms with van der Waals surface area (Å²) in [5.41, 5.74) is 8.56. The van der Waals surface area contributed by atoms with Crippen LogP contribution in [0.3, 0.4) is 0 Å². The van der Waals surface area contributed by atoms with Gasteiger partial charge in [0.1, 0.15) is 0 Å². The first-order valence-electron chi connectivity index (χ1n) is 6.06. The lowest BCUT2D eigenvalue weighted by atomic mass is 10.1. The fourth-order valence-electron chi connectivity index (χ4n) is 1.95. The number of amides is 1. The number of nitrogens with two attached hydrogens (primary N) is 1. The van der Waals surface area contributed by atoms with Crippen molar-refractivity contribution in [3.05, 3.63) is 62.6 Å². The Kier molecular flexibility index (Phi) is 4.68. The van der Waals surface area contributed by atoms with Gasteiger partial charge in [0.15, 0.2) is 0 Å². The van der Waals surface area contributed by atoms with Crippen LogP contribution in [0.25, 0.3) is 0 Å². The Bertz CT molecular complexity index is 658. The molecule has 0 aliphatic carbocycles. The molecule has 20 heavy (non-hydrogen) atoms. The Labute approximate surface area is 131 Å². The standard InChI is InChI=1S/C15H14BrClN2O/c1-9-12(15(18)20)3-2-4-14(9)19-8-10-5-6-11(16)7-13(10)17/h2-7,19H,8H2,1H3,(H2,18,20). The minimum Gasteiger partial charge on any atom is -0.381 e. The van der Waals surface area contributed by atoms with Crippen molar-refractivity contribution >= 4 is 39.1 Å². The van der Waals surface area contributed by atoms with Gasteiger partial charge in [-0.15, -0.1) is 0 Å². The minimum absolute atomic E-state index is 0.423. The average Bonchev–Trinajstić information content (AvgIpc) is 2.39. The summed E-state index contributed by atoms with van der Waals surface area (Å²) < 4.78 is 0.943. The molecule has 3 N–H and O–H groups in total. The molecule has 0 heterocycles. The molecule has 0 unspecified atom stereocenters. The summed E-state index contributed by atoms with van der Waals surface area (Å²) in [4.78, 5) is 11.3. The van der Waals surface area contributed by atoms with Gasteiger partial charge in [0.05, 0.1) is 0 Å². The summed E-state index contributed by atoms with van der Waals surface area (Å²) in [5.74, 6) is -0.423. The molecule has 0 aliphatic rings. The minimum atomic E-state index is -0.423. The molecular formula is C15H14BrClN2O. The first kappa shape index (κ1) is 14.9. The van der Waals surface area contributed by atoms with Crippen LogP contribution in [0.1, 0.15) is 21.5 Å². The second-order valence-electron chi connectivity index (χ2n) is 4.43. The number of carbonyl (C=O) groups excluding carboxylic acids is 1. The van der Waals surface area contributed by atoms with Gasteiger partial charge in [-0.25, -0.2) is 0 Å². The Morgan fingerprint density at radius 3 is 2.75 bits per heavy atom. The zero-order valence-electron chi connectivity index (χ0n) is 10.9. The van der Waals surface area contributed by atoms with Gasteiger partial charge in [-0.05, 0) is 42.3 Å². The molecule has 2 aromatic rings. The summed E-state index contributed by atoms with van der Waals surface area (Å²) in [5, 5.41) is 3.97. The molecule has 0 atom stereocenters. The first-order chi connectivity index (χ1) is 9.49. The smallest absolute Gasteiger partial charge is 0.249 e. The molecule has 0 fully saturated rings. The Morgan fingerprint density at radius 2 is 2.10 bits per heavy atom. The van der Waals surface area contributed by atoms with E-state index in [1.54, 1.807) is 12.1 Å². The second-order valence-corrected chi connectivity index (χ2v) is 5.75. The van der Waals surface area contributed by atoms with E-state index in [0.717, 1.165) is 21.3 Å². The zero-order valence-corrected chi connectivity index (χ0v) is 13.3. The lowest BCUT2D eigenvalue weighted by Gasteiger charge is -2.12. The quantitative estimate of drug-likeness (QED) is 0.868. The topological polar surface area (TPSA) is 55.1 Å². The molecule has 0 saturated heterocycles. The number of carbonyl (C=O) groups is 1. The number of nitrogens with one attached hydrogen (secondary N) is 1. The van der Waals surface area contributed by atoms with Crippen LogP contribution in [0.2, 0.25) is 5.02 Å². The van der Waals surface area contributed by atoms with Crippen molar-refractivity contribution in [2.75, 3.05) is 5.32 Å². The van der Waals surface area contributed by atoms with Crippen molar-refractivity contribution in [1.29, 1.82) is 0 Å². The summed E-state index contributed by atoms with van der Waals surface area (Å²) in [7, 11) is 0. The molecule has 2 aromatic carbocycles. The summed E-state index contributed by atoms with van der Waals surface area (Å²) >= 11 is 9.55. The predicted octanol–water partition coefficient (Wildman–Crippen LogP) is 4.12. The van der Waals surface area contributed by atoms with Crippen molar-refractivity contribution < 1.29 is 4.79 Å². The molecule has 104 valence electrons. The van der Waals surface area contributed by atoms with Gasteiger partial charge in [-0.2, -0.15) is 0 Å². The van der Waals surface area contributed by atoms with Crippen LogP contribution in [0.4, 0.5) is 5.69 Å². The van der Waals surface area contributed by atoms with E-state index in [0.29, 0.717) is 17.1 Å². The van der Waals surface area contributed by atoms with E-state index in [2.05, 4.69) is 21.2 Å². The van der Waals surface area contributed by atoms with Crippen molar-refractivity contribution in [1.82, 2.24) is 0 Å². The van der Waals surface area contributed by atoms with E-state index in [9.17, 15) is 4.79 Å². The normalized spacial score (nSPS) is 10.3. The SMILES string of the molecule is Cc1c(NCc2ccc(Br)cc2Cl)cccc1C(N)=O. The Balaban J connectivity index is 2.19. The van der Waals surface area contributed by atoms with E-state index in [1.165, 1.54) is 0 Å². The molecule has 0 bridgehead atoms. The van der Waals surface area contributed by atoms with Gasteiger partial charge < -0.3 is 11.1 Å². The number of benzene rings is 2. The van der Waals surface area contributed by atoms with Crippen LogP contribution in [0, 0.1) is 6.92 Å². The molecule has 0 spiro atoms. The molecule has 1 amide bonds. The number of primary amides is 1. The number of rotatable bonds is 4. The average molecular weight is 354 g/mol. The molecule has 0 aliphatic heterocycles. The third-order valence-electron chi connectivity index (χ3n) is 3.08. The van der Waals surface area contributed by atoms with Crippen LogP contribution in [-0.2, 0) is 6.54 Å². The monoisotopic (exact) mass is 352 g/mol. The summed E-state index contributed by atoms with van der Waals surface area (Å²) in [6.45, 7) is 2.45. The molecular weight excluding hydrogens is 340 g/mol. The molecule has 5 heteroatoms. The largest absolute Gasteiger partial charge is 0.381 e. The van der Waals surface area contributed by atoms with Crippen molar-refractivity contribution in [3.8, 4) is 0 Å². The highest BCUT2D eigenvalue weighted by molar-refractivity contribution is 9.10. The van der Waals surface area contributed by atoms with E-state index in [4.69, 9.17) is 17.3 Å². The fourth-order valence-corrected chi connectivity index (χ4v) is 2.69. The van der Waals surface area contributed by atoms with Gasteiger partial charge in [0.2, 0.25) is 5.91 Å². The summed E-state index contributed by atoms with van der Waals surface area (Å²) in [6, 6.07) is 11.2. The number of hydrogen-bond donors (Lipinski definition) is 2. The molecule has 0 aromatic heterocycles. The van der Waals surface area contributed by atoms with Gasteiger partial charge in [0, 0.05) is 27.3 Å². The highest BCUT2D eigenvalue weighted by Crippen LogP contribution is 2.24. The lowest BCUT2D eigenvalue weighted by Crippen LogP contribution is -2.14. The maximum atomic E-state index is 11.3. The van der Waals surface area contributed by atoms with Crippen LogP contribution in [-0.4, -0.2) is 5.91 Å². The third-order valence-corrected chi connectivity index (χ3v) is 3.93. The molecule has 0 radical (unpaired) electrons. The van der Waals surface area contributed by atoms with Crippen LogP contribution >= 0.6 is 27.5 Å². The third kappa shape index (κ3) is 3.32. The van der Waals surface area contributed by atoms with E-state index < -0.39 is 5.91 Å². The number of halogens is 2. The molecule has 0 saturated carbocycles. The summed E-state index contributed by atoms with van der Waals surface area (Å²) in [6.07, 6.45) is 0. The van der Waals surface area contributed by atoms with E-state index >= 15 is 0 Å². The van der Waals surface area contributed by atoms with Gasteiger partial charge in [-0.3, -0.25) is 4.79 Å². The van der Waals surface area contributed by atoms with Crippen molar-refractivity contribution in [2.45, 2.75) is 13.5 Å². The highest BCUT2D eigenvalue weighted by atomic mass is 79.9. The highest BCUT2D eigenvalue weighted by Gasteiger charge is 2.08.